The smallest absolute Gasteiger partial charge is 0.271 e. The monoisotopic (exact) mass is 404 g/mol. The Morgan fingerprint density at radius 2 is 1.86 bits per heavy atom. The number of ether oxygens (including phenoxy) is 1. The van der Waals surface area contributed by atoms with Gasteiger partial charge in [0.2, 0.25) is 0 Å². The van der Waals surface area contributed by atoms with E-state index in [1.165, 1.54) is 11.3 Å². The molecule has 0 aliphatic rings. The predicted octanol–water partition coefficient (Wildman–Crippen LogP) is 5.05. The second-order valence-electron chi connectivity index (χ2n) is 6.48. The summed E-state index contributed by atoms with van der Waals surface area (Å²) >= 11 is 1.47. The van der Waals surface area contributed by atoms with E-state index >= 15 is 0 Å². The van der Waals surface area contributed by atoms with E-state index in [2.05, 4.69) is 10.3 Å². The maximum Gasteiger partial charge on any atom is 0.271 e. The van der Waals surface area contributed by atoms with Crippen LogP contribution in [0.25, 0.3) is 10.6 Å². The number of nitrogens with one attached hydrogen (secondary N) is 1. The molecule has 0 unspecified atom stereocenters. The van der Waals surface area contributed by atoms with E-state index in [0.29, 0.717) is 25.5 Å². The maximum absolute atomic E-state index is 12.4. The highest BCUT2D eigenvalue weighted by atomic mass is 32.1. The van der Waals surface area contributed by atoms with E-state index in [9.17, 15) is 4.79 Å². The number of rotatable bonds is 8. The normalized spacial score (nSPS) is 10.8. The third-order valence-corrected chi connectivity index (χ3v) is 5.19. The molecule has 29 heavy (non-hydrogen) atoms. The second-order valence-corrected chi connectivity index (χ2v) is 7.34. The Bertz CT molecular complexity index is 1060. The molecule has 0 saturated carbocycles. The zero-order valence-electron chi connectivity index (χ0n) is 15.7. The molecule has 0 spiro atoms. The summed E-state index contributed by atoms with van der Waals surface area (Å²) in [6, 6.07) is 21.5. The summed E-state index contributed by atoms with van der Waals surface area (Å²) in [6.07, 6.45) is 1.63. The summed E-state index contributed by atoms with van der Waals surface area (Å²) in [5, 5.41) is 5.56. The average molecular weight is 404 g/mol. The summed E-state index contributed by atoms with van der Waals surface area (Å²) in [4.78, 5) is 16.9. The molecule has 2 aromatic carbocycles. The van der Waals surface area contributed by atoms with Crippen LogP contribution in [-0.4, -0.2) is 10.9 Å². The summed E-state index contributed by atoms with van der Waals surface area (Å²) in [5.74, 6) is 0.620. The number of amides is 1. The summed E-state index contributed by atoms with van der Waals surface area (Å²) in [7, 11) is 0. The first-order valence-corrected chi connectivity index (χ1v) is 10.1. The van der Waals surface area contributed by atoms with E-state index in [1.807, 2.05) is 66.7 Å². The zero-order chi connectivity index (χ0) is 19.9. The Morgan fingerprint density at radius 3 is 2.69 bits per heavy atom. The van der Waals surface area contributed by atoms with Crippen LogP contribution in [0.1, 0.15) is 27.4 Å². The van der Waals surface area contributed by atoms with Gasteiger partial charge in [0.05, 0.1) is 12.9 Å². The summed E-state index contributed by atoms with van der Waals surface area (Å²) in [6.45, 7) is 1.35. The first-order chi connectivity index (χ1) is 14.3. The average Bonchev–Trinajstić information content (AvgIpc) is 3.45. The van der Waals surface area contributed by atoms with Crippen molar-refractivity contribution < 1.29 is 13.9 Å². The number of benzene rings is 2. The number of carbonyl (C=O) groups is 1. The quantitative estimate of drug-likeness (QED) is 0.446. The molecule has 4 aromatic rings. The molecule has 6 heteroatoms. The zero-order valence-corrected chi connectivity index (χ0v) is 16.5. The van der Waals surface area contributed by atoms with E-state index in [0.717, 1.165) is 27.5 Å². The van der Waals surface area contributed by atoms with Gasteiger partial charge in [-0.15, -0.1) is 11.3 Å². The summed E-state index contributed by atoms with van der Waals surface area (Å²) < 4.78 is 10.9. The SMILES string of the molecule is O=C(NCc1cccc(COCc2ccco2)c1)c1csc(-c2ccccc2)n1. The fraction of sp³-hybridized carbons (Fsp3) is 0.130. The number of hydrogen-bond donors (Lipinski definition) is 1. The van der Waals surface area contributed by atoms with Gasteiger partial charge < -0.3 is 14.5 Å². The van der Waals surface area contributed by atoms with E-state index in [4.69, 9.17) is 9.15 Å². The molecule has 1 amide bonds. The van der Waals surface area contributed by atoms with Gasteiger partial charge in [0, 0.05) is 17.5 Å². The number of nitrogens with zero attached hydrogens (tertiary/aromatic N) is 1. The van der Waals surface area contributed by atoms with Crippen LogP contribution < -0.4 is 5.32 Å². The lowest BCUT2D eigenvalue weighted by molar-refractivity contribution is 0.0928. The molecule has 2 aromatic heterocycles. The molecule has 0 aliphatic carbocycles. The van der Waals surface area contributed by atoms with Gasteiger partial charge in [-0.2, -0.15) is 0 Å². The molecular formula is C23H20N2O3S. The lowest BCUT2D eigenvalue weighted by Crippen LogP contribution is -2.23. The minimum atomic E-state index is -0.178. The molecule has 0 radical (unpaired) electrons. The van der Waals surface area contributed by atoms with Crippen LogP contribution in [0.5, 0.6) is 0 Å². The first kappa shape index (κ1) is 19.1. The first-order valence-electron chi connectivity index (χ1n) is 9.25. The molecule has 0 aliphatic heterocycles. The third kappa shape index (κ3) is 5.19. The van der Waals surface area contributed by atoms with Crippen LogP contribution in [0, 0.1) is 0 Å². The number of furan rings is 1. The fourth-order valence-electron chi connectivity index (χ4n) is 2.86. The van der Waals surface area contributed by atoms with Gasteiger partial charge in [0.1, 0.15) is 23.1 Å². The molecule has 2 heterocycles. The molecule has 4 rings (SSSR count). The van der Waals surface area contributed by atoms with Crippen molar-refractivity contribution >= 4 is 17.2 Å². The summed E-state index contributed by atoms with van der Waals surface area (Å²) in [5.41, 5.74) is 3.50. The van der Waals surface area contributed by atoms with Crippen molar-refractivity contribution in [3.63, 3.8) is 0 Å². The van der Waals surface area contributed by atoms with Gasteiger partial charge in [-0.25, -0.2) is 4.98 Å². The standard InChI is InChI=1S/C23H20N2O3S/c26-22(21-16-29-23(25-21)19-8-2-1-3-9-19)24-13-17-6-4-7-18(12-17)14-27-15-20-10-5-11-28-20/h1-12,16H,13-15H2,(H,24,26). The van der Waals surface area contributed by atoms with Crippen molar-refractivity contribution in [1.82, 2.24) is 10.3 Å². The molecule has 5 nitrogen and oxygen atoms in total. The molecule has 0 bridgehead atoms. The second kappa shape index (κ2) is 9.32. The van der Waals surface area contributed by atoms with Crippen molar-refractivity contribution in [2.45, 2.75) is 19.8 Å². The van der Waals surface area contributed by atoms with Crippen LogP contribution in [0.2, 0.25) is 0 Å². The highest BCUT2D eigenvalue weighted by molar-refractivity contribution is 7.13. The Labute approximate surface area is 173 Å². The Kier molecular flexibility index (Phi) is 6.14. The highest BCUT2D eigenvalue weighted by Crippen LogP contribution is 2.23. The van der Waals surface area contributed by atoms with Crippen molar-refractivity contribution in [2.75, 3.05) is 0 Å². The van der Waals surface area contributed by atoms with Crippen molar-refractivity contribution in [3.05, 3.63) is 101 Å². The van der Waals surface area contributed by atoms with E-state index in [-0.39, 0.29) is 5.91 Å². The van der Waals surface area contributed by atoms with Gasteiger partial charge in [-0.3, -0.25) is 4.79 Å². The maximum atomic E-state index is 12.4. The van der Waals surface area contributed by atoms with Gasteiger partial charge in [0.25, 0.3) is 5.91 Å². The fourth-order valence-corrected chi connectivity index (χ4v) is 3.66. The van der Waals surface area contributed by atoms with Crippen molar-refractivity contribution in [2.24, 2.45) is 0 Å². The van der Waals surface area contributed by atoms with Gasteiger partial charge in [-0.05, 0) is 23.3 Å². The van der Waals surface area contributed by atoms with E-state index < -0.39 is 0 Å². The predicted molar refractivity (Wildman–Crippen MR) is 112 cm³/mol. The topological polar surface area (TPSA) is 64.4 Å². The Hall–Kier alpha value is -3.22. The minimum Gasteiger partial charge on any atom is -0.467 e. The molecule has 146 valence electrons. The van der Waals surface area contributed by atoms with Crippen LogP contribution in [-0.2, 0) is 24.5 Å². The number of aromatic nitrogens is 1. The van der Waals surface area contributed by atoms with Crippen LogP contribution in [0.3, 0.4) is 0 Å². The molecule has 0 atom stereocenters. The molecule has 1 N–H and O–H groups in total. The van der Waals surface area contributed by atoms with Gasteiger partial charge in [0.15, 0.2) is 0 Å². The van der Waals surface area contributed by atoms with Crippen LogP contribution in [0.15, 0.2) is 82.8 Å². The lowest BCUT2D eigenvalue weighted by atomic mass is 10.1. The minimum absolute atomic E-state index is 0.178. The van der Waals surface area contributed by atoms with Gasteiger partial charge >= 0.3 is 0 Å². The number of carbonyl (C=O) groups excluding carboxylic acids is 1. The molecular weight excluding hydrogens is 384 g/mol. The van der Waals surface area contributed by atoms with Crippen LogP contribution >= 0.6 is 11.3 Å². The van der Waals surface area contributed by atoms with Crippen molar-refractivity contribution in [3.8, 4) is 10.6 Å². The van der Waals surface area contributed by atoms with Crippen molar-refractivity contribution in [1.29, 1.82) is 0 Å². The van der Waals surface area contributed by atoms with Gasteiger partial charge in [-0.1, -0.05) is 54.6 Å². The Balaban J connectivity index is 1.30. The number of hydrogen-bond acceptors (Lipinski definition) is 5. The van der Waals surface area contributed by atoms with Crippen LogP contribution in [0.4, 0.5) is 0 Å². The van der Waals surface area contributed by atoms with E-state index in [1.54, 1.807) is 11.6 Å². The highest BCUT2D eigenvalue weighted by Gasteiger charge is 2.11. The third-order valence-electron chi connectivity index (χ3n) is 4.30. The number of thiazole rings is 1. The molecule has 0 saturated heterocycles. The molecule has 0 fully saturated rings. The Morgan fingerprint density at radius 1 is 1.00 bits per heavy atom. The largest absolute Gasteiger partial charge is 0.467 e. The lowest BCUT2D eigenvalue weighted by Gasteiger charge is -2.07.